The Bertz CT molecular complexity index is 1330. The van der Waals surface area contributed by atoms with Gasteiger partial charge in [0.2, 0.25) is 0 Å². The molecule has 34 heavy (non-hydrogen) atoms. The smallest absolute Gasteiger partial charge is 0.336 e. The molecule has 0 aliphatic heterocycles. The number of hydrogen-bond donors (Lipinski definition) is 2. The summed E-state index contributed by atoms with van der Waals surface area (Å²) in [5.41, 5.74) is 4.39. The molecule has 1 aromatic heterocycles. The van der Waals surface area contributed by atoms with Crippen LogP contribution in [0.15, 0.2) is 42.5 Å². The van der Waals surface area contributed by atoms with Gasteiger partial charge in [0, 0.05) is 18.5 Å². The molecule has 1 heterocycles. The number of anilines is 1. The van der Waals surface area contributed by atoms with E-state index in [0.717, 1.165) is 24.0 Å². The van der Waals surface area contributed by atoms with Gasteiger partial charge in [0.25, 0.3) is 5.69 Å². The molecule has 0 bridgehead atoms. The second-order valence-corrected chi connectivity index (χ2v) is 9.54. The zero-order valence-corrected chi connectivity index (χ0v) is 19.9. The zero-order valence-electron chi connectivity index (χ0n) is 19.9. The van der Waals surface area contributed by atoms with E-state index >= 15 is 0 Å². The average Bonchev–Trinajstić information content (AvgIpc) is 2.82. The summed E-state index contributed by atoms with van der Waals surface area (Å²) >= 11 is 0. The fourth-order valence-corrected chi connectivity index (χ4v) is 4.81. The summed E-state index contributed by atoms with van der Waals surface area (Å²) < 4.78 is 0. The minimum Gasteiger partial charge on any atom is -0.478 e. The molecule has 7 nitrogen and oxygen atoms in total. The van der Waals surface area contributed by atoms with Crippen molar-refractivity contribution in [3.05, 3.63) is 75.0 Å². The maximum atomic E-state index is 12.4. The van der Waals surface area contributed by atoms with Crippen molar-refractivity contribution in [2.45, 2.75) is 40.0 Å². The molecule has 0 amide bonds. The van der Waals surface area contributed by atoms with Crippen molar-refractivity contribution in [1.29, 1.82) is 0 Å². The van der Waals surface area contributed by atoms with Crippen LogP contribution in [-0.2, 0) is 6.42 Å². The number of rotatable bonds is 6. The zero-order chi connectivity index (χ0) is 24.6. The van der Waals surface area contributed by atoms with Crippen molar-refractivity contribution in [2.75, 3.05) is 12.4 Å². The molecule has 7 heteroatoms. The quantitative estimate of drug-likeness (QED) is 0.325. The number of nitro benzene ring substituents is 1. The van der Waals surface area contributed by atoms with E-state index in [-0.39, 0.29) is 17.0 Å². The highest BCUT2D eigenvalue weighted by Crippen LogP contribution is 2.46. The van der Waals surface area contributed by atoms with Gasteiger partial charge in [-0.3, -0.25) is 10.1 Å². The van der Waals surface area contributed by atoms with E-state index in [1.54, 1.807) is 19.2 Å². The molecule has 0 saturated carbocycles. The van der Waals surface area contributed by atoms with Gasteiger partial charge < -0.3 is 10.4 Å². The highest BCUT2D eigenvalue weighted by Gasteiger charge is 2.36. The molecule has 4 rings (SSSR count). The number of allylic oxidation sites excluding steroid dienone is 1. The molecule has 0 saturated heterocycles. The molecule has 1 aliphatic carbocycles. The van der Waals surface area contributed by atoms with E-state index in [1.165, 1.54) is 0 Å². The van der Waals surface area contributed by atoms with Crippen LogP contribution in [0, 0.1) is 21.4 Å². The number of carbonyl (C=O) groups is 1. The van der Waals surface area contributed by atoms with E-state index in [9.17, 15) is 20.0 Å². The third kappa shape index (κ3) is 4.14. The molecule has 1 aliphatic rings. The Hall–Kier alpha value is -3.74. The van der Waals surface area contributed by atoms with Gasteiger partial charge in [-0.15, -0.1) is 0 Å². The van der Waals surface area contributed by atoms with Crippen molar-refractivity contribution in [2.24, 2.45) is 11.3 Å². The van der Waals surface area contributed by atoms with Crippen molar-refractivity contribution in [3.63, 3.8) is 0 Å². The maximum absolute atomic E-state index is 12.4. The number of nitro groups is 1. The Morgan fingerprint density at radius 1 is 1.26 bits per heavy atom. The number of nitrogens with one attached hydrogen (secondary N) is 1. The standard InChI is InChI=1S/C27H29N3O4/c1-5-27(2,3)18-14-17(12-16-10-11-22(28-4)23(13-16)30(33)34)25-20(15-18)24(26(31)32)19-8-6-7-9-21(19)29-25/h6-13,18,28H,5,14-15H2,1-4H3,(H,31,32)/b17-12+. The van der Waals surface area contributed by atoms with Crippen molar-refractivity contribution in [1.82, 2.24) is 4.98 Å². The first-order valence-corrected chi connectivity index (χ1v) is 11.5. The molecule has 176 valence electrons. The minimum absolute atomic E-state index is 0.00369. The average molecular weight is 460 g/mol. The monoisotopic (exact) mass is 459 g/mol. The van der Waals surface area contributed by atoms with Crippen LogP contribution in [0.1, 0.15) is 60.8 Å². The maximum Gasteiger partial charge on any atom is 0.336 e. The molecular weight excluding hydrogens is 430 g/mol. The number of benzene rings is 2. The minimum atomic E-state index is -0.960. The summed E-state index contributed by atoms with van der Waals surface area (Å²) in [7, 11) is 1.65. The lowest BCUT2D eigenvalue weighted by molar-refractivity contribution is -0.383. The number of nitrogens with zero attached hydrogens (tertiary/aromatic N) is 2. The van der Waals surface area contributed by atoms with Crippen LogP contribution < -0.4 is 5.32 Å². The van der Waals surface area contributed by atoms with Crippen LogP contribution in [0.4, 0.5) is 11.4 Å². The number of para-hydroxylation sites is 1. The predicted molar refractivity (Wildman–Crippen MR) is 135 cm³/mol. The summed E-state index contributed by atoms with van der Waals surface area (Å²) in [5, 5.41) is 25.3. The van der Waals surface area contributed by atoms with Crippen LogP contribution in [-0.4, -0.2) is 28.0 Å². The number of hydrogen-bond acceptors (Lipinski definition) is 5. The van der Waals surface area contributed by atoms with Gasteiger partial charge >= 0.3 is 5.97 Å². The Kier molecular flexibility index (Phi) is 6.13. The number of carboxylic acids is 1. The van der Waals surface area contributed by atoms with E-state index < -0.39 is 10.9 Å². The van der Waals surface area contributed by atoms with E-state index in [0.29, 0.717) is 39.8 Å². The Morgan fingerprint density at radius 2 is 2.00 bits per heavy atom. The summed E-state index contributed by atoms with van der Waals surface area (Å²) in [6.07, 6.45) is 4.23. The molecule has 1 atom stereocenters. The molecule has 0 fully saturated rings. The number of pyridine rings is 1. The normalized spacial score (nSPS) is 16.9. The molecule has 0 spiro atoms. The third-order valence-electron chi connectivity index (χ3n) is 7.27. The van der Waals surface area contributed by atoms with Crippen molar-refractivity contribution < 1.29 is 14.8 Å². The second-order valence-electron chi connectivity index (χ2n) is 9.54. The lowest BCUT2D eigenvalue weighted by Crippen LogP contribution is -2.30. The van der Waals surface area contributed by atoms with Gasteiger partial charge in [0.05, 0.1) is 21.7 Å². The number of fused-ring (bicyclic) bond motifs is 2. The molecule has 2 N–H and O–H groups in total. The van der Waals surface area contributed by atoms with Gasteiger partial charge in [-0.05, 0) is 59.1 Å². The molecule has 2 aromatic carbocycles. The van der Waals surface area contributed by atoms with E-state index in [4.69, 9.17) is 4.98 Å². The van der Waals surface area contributed by atoms with Gasteiger partial charge in [-0.2, -0.15) is 0 Å². The lowest BCUT2D eigenvalue weighted by atomic mass is 9.67. The van der Waals surface area contributed by atoms with Crippen LogP contribution in [0.2, 0.25) is 0 Å². The van der Waals surface area contributed by atoms with Gasteiger partial charge in [-0.25, -0.2) is 9.78 Å². The molecule has 3 aromatic rings. The largest absolute Gasteiger partial charge is 0.478 e. The van der Waals surface area contributed by atoms with Gasteiger partial charge in [0.1, 0.15) is 5.69 Å². The van der Waals surface area contributed by atoms with Gasteiger partial charge in [0.15, 0.2) is 0 Å². The fraction of sp³-hybridized carbons (Fsp3) is 0.333. The Labute approximate surface area is 198 Å². The van der Waals surface area contributed by atoms with Crippen LogP contribution in [0.25, 0.3) is 22.6 Å². The Morgan fingerprint density at radius 3 is 2.65 bits per heavy atom. The Balaban J connectivity index is 1.98. The lowest BCUT2D eigenvalue weighted by Gasteiger charge is -2.38. The van der Waals surface area contributed by atoms with E-state index in [2.05, 4.69) is 26.1 Å². The fourth-order valence-electron chi connectivity index (χ4n) is 4.81. The van der Waals surface area contributed by atoms with E-state index in [1.807, 2.05) is 36.4 Å². The SMILES string of the molecule is CCC(C)(C)C1C/C(=C\c2ccc(NC)c([N+](=O)[O-])c2)c2nc3ccccc3c(C(=O)O)c2C1. The van der Waals surface area contributed by atoms with Gasteiger partial charge in [-0.1, -0.05) is 51.5 Å². The van der Waals surface area contributed by atoms with Crippen molar-refractivity contribution >= 4 is 39.9 Å². The third-order valence-corrected chi connectivity index (χ3v) is 7.27. The molecule has 1 unspecified atom stereocenters. The molecule has 0 radical (unpaired) electrons. The first kappa shape index (κ1) is 23.4. The number of carboxylic acid groups (broad SMARTS) is 1. The van der Waals surface area contributed by atoms with Crippen LogP contribution >= 0.6 is 0 Å². The summed E-state index contributed by atoms with van der Waals surface area (Å²) in [6.45, 7) is 6.57. The topological polar surface area (TPSA) is 105 Å². The second kappa shape index (κ2) is 8.89. The summed E-state index contributed by atoms with van der Waals surface area (Å²) in [4.78, 5) is 28.5. The van der Waals surface area contributed by atoms with Crippen LogP contribution in [0.5, 0.6) is 0 Å². The number of aromatic carboxylic acids is 1. The highest BCUT2D eigenvalue weighted by molar-refractivity contribution is 6.06. The first-order chi connectivity index (χ1) is 16.2. The van der Waals surface area contributed by atoms with Crippen LogP contribution in [0.3, 0.4) is 0 Å². The highest BCUT2D eigenvalue weighted by atomic mass is 16.6. The predicted octanol–water partition coefficient (Wildman–Crippen LogP) is 6.42. The van der Waals surface area contributed by atoms with Crippen molar-refractivity contribution in [3.8, 4) is 0 Å². The summed E-state index contributed by atoms with van der Waals surface area (Å²) in [6, 6.07) is 12.4. The number of aromatic nitrogens is 1. The summed E-state index contributed by atoms with van der Waals surface area (Å²) in [5.74, 6) is -0.748. The first-order valence-electron chi connectivity index (χ1n) is 11.5. The molecular formula is C27H29N3O4.